The van der Waals surface area contributed by atoms with Crippen LogP contribution < -0.4 is 5.32 Å². The minimum Gasteiger partial charge on any atom is -0.455 e. The average molecular weight is 282 g/mol. The molecule has 102 valence electrons. The molecular weight excluding hydrogens is 266 g/mol. The number of esters is 1. The molecule has 0 saturated heterocycles. The zero-order valence-electron chi connectivity index (χ0n) is 11.0. The lowest BCUT2D eigenvalue weighted by Crippen LogP contribution is -2.22. The SMILES string of the molecule is Cc1cc(C)c(NC(=O)COC(=O)C2CC2)c(Cl)c1. The van der Waals surface area contributed by atoms with Gasteiger partial charge in [0.05, 0.1) is 16.6 Å². The molecular formula is C14H16ClNO3. The Hall–Kier alpha value is -1.55. The molecule has 1 N–H and O–H groups in total. The van der Waals surface area contributed by atoms with Crippen molar-refractivity contribution in [3.8, 4) is 0 Å². The molecule has 19 heavy (non-hydrogen) atoms. The molecule has 1 aromatic rings. The van der Waals surface area contributed by atoms with Crippen molar-refractivity contribution in [3.05, 3.63) is 28.3 Å². The van der Waals surface area contributed by atoms with Crippen molar-refractivity contribution < 1.29 is 14.3 Å². The summed E-state index contributed by atoms with van der Waals surface area (Å²) in [6.07, 6.45) is 1.73. The third kappa shape index (κ3) is 3.70. The molecule has 1 amide bonds. The molecule has 0 heterocycles. The first-order valence-electron chi connectivity index (χ1n) is 6.20. The van der Waals surface area contributed by atoms with Gasteiger partial charge in [0.15, 0.2) is 6.61 Å². The number of anilines is 1. The van der Waals surface area contributed by atoms with Crippen molar-refractivity contribution in [2.75, 3.05) is 11.9 Å². The van der Waals surface area contributed by atoms with Crippen LogP contribution in [0.1, 0.15) is 24.0 Å². The molecule has 5 heteroatoms. The quantitative estimate of drug-likeness (QED) is 0.864. The summed E-state index contributed by atoms with van der Waals surface area (Å²) in [6, 6.07) is 3.71. The van der Waals surface area contributed by atoms with Crippen LogP contribution in [-0.2, 0) is 14.3 Å². The van der Waals surface area contributed by atoms with Gasteiger partial charge in [0, 0.05) is 0 Å². The highest BCUT2D eigenvalue weighted by molar-refractivity contribution is 6.34. The van der Waals surface area contributed by atoms with Gasteiger partial charge >= 0.3 is 5.97 Å². The Bertz CT molecular complexity index is 500. The normalized spacial score (nSPS) is 14.1. The number of rotatable bonds is 4. The first-order chi connectivity index (χ1) is 8.97. The van der Waals surface area contributed by atoms with E-state index in [0.717, 1.165) is 24.0 Å². The topological polar surface area (TPSA) is 55.4 Å². The molecule has 0 spiro atoms. The molecule has 0 unspecified atom stereocenters. The summed E-state index contributed by atoms with van der Waals surface area (Å²) in [5, 5.41) is 3.16. The van der Waals surface area contributed by atoms with Crippen LogP contribution in [0, 0.1) is 19.8 Å². The molecule has 2 rings (SSSR count). The van der Waals surface area contributed by atoms with E-state index in [1.807, 2.05) is 19.9 Å². The first kappa shape index (κ1) is 13.9. The van der Waals surface area contributed by atoms with E-state index in [1.54, 1.807) is 6.07 Å². The lowest BCUT2D eigenvalue weighted by atomic mass is 10.1. The van der Waals surface area contributed by atoms with Crippen molar-refractivity contribution in [2.24, 2.45) is 5.92 Å². The third-order valence-corrected chi connectivity index (χ3v) is 3.25. The summed E-state index contributed by atoms with van der Waals surface area (Å²) in [7, 11) is 0. The second-order valence-electron chi connectivity index (χ2n) is 4.87. The number of halogens is 1. The molecule has 0 aliphatic heterocycles. The van der Waals surface area contributed by atoms with Gasteiger partial charge in [-0.25, -0.2) is 0 Å². The highest BCUT2D eigenvalue weighted by atomic mass is 35.5. The second-order valence-corrected chi connectivity index (χ2v) is 5.28. The van der Waals surface area contributed by atoms with Crippen molar-refractivity contribution in [1.82, 2.24) is 0 Å². The van der Waals surface area contributed by atoms with Gasteiger partial charge in [0.2, 0.25) is 0 Å². The maximum atomic E-state index is 11.7. The number of amides is 1. The Labute approximate surface area is 117 Å². The van der Waals surface area contributed by atoms with Crippen LogP contribution in [0.25, 0.3) is 0 Å². The summed E-state index contributed by atoms with van der Waals surface area (Å²) >= 11 is 6.08. The van der Waals surface area contributed by atoms with E-state index in [1.165, 1.54) is 0 Å². The zero-order valence-corrected chi connectivity index (χ0v) is 11.7. The minimum atomic E-state index is -0.372. The van der Waals surface area contributed by atoms with Crippen LogP contribution in [-0.4, -0.2) is 18.5 Å². The summed E-state index contributed by atoms with van der Waals surface area (Å²) in [6.45, 7) is 3.53. The summed E-state index contributed by atoms with van der Waals surface area (Å²) in [5.74, 6) is -0.665. The number of hydrogen-bond acceptors (Lipinski definition) is 3. The van der Waals surface area contributed by atoms with E-state index >= 15 is 0 Å². The number of aryl methyl sites for hydroxylation is 2. The van der Waals surface area contributed by atoms with E-state index < -0.39 is 0 Å². The van der Waals surface area contributed by atoms with Crippen LogP contribution in [0.5, 0.6) is 0 Å². The van der Waals surface area contributed by atoms with Gasteiger partial charge in [-0.05, 0) is 43.9 Å². The van der Waals surface area contributed by atoms with Crippen LogP contribution >= 0.6 is 11.6 Å². The predicted octanol–water partition coefficient (Wildman–Crippen LogP) is 2.85. The van der Waals surface area contributed by atoms with E-state index in [2.05, 4.69) is 5.32 Å². The molecule has 0 atom stereocenters. The molecule has 1 aliphatic rings. The van der Waals surface area contributed by atoms with Crippen LogP contribution in [0.15, 0.2) is 12.1 Å². The Morgan fingerprint density at radius 1 is 1.37 bits per heavy atom. The molecule has 1 fully saturated rings. The summed E-state index contributed by atoms with van der Waals surface area (Å²) < 4.78 is 4.91. The fraction of sp³-hybridized carbons (Fsp3) is 0.429. The number of hydrogen-bond donors (Lipinski definition) is 1. The summed E-state index contributed by atoms with van der Waals surface area (Å²) in [4.78, 5) is 23.0. The number of benzene rings is 1. The minimum absolute atomic E-state index is 0.00232. The second kappa shape index (κ2) is 5.61. The molecule has 1 aromatic carbocycles. The van der Waals surface area contributed by atoms with Crippen LogP contribution in [0.4, 0.5) is 5.69 Å². The van der Waals surface area contributed by atoms with E-state index in [9.17, 15) is 9.59 Å². The Morgan fingerprint density at radius 3 is 2.63 bits per heavy atom. The lowest BCUT2D eigenvalue weighted by Gasteiger charge is -2.11. The molecule has 4 nitrogen and oxygen atoms in total. The largest absolute Gasteiger partial charge is 0.455 e. The van der Waals surface area contributed by atoms with Crippen molar-refractivity contribution in [2.45, 2.75) is 26.7 Å². The van der Waals surface area contributed by atoms with Gasteiger partial charge in [0.1, 0.15) is 0 Å². The van der Waals surface area contributed by atoms with E-state index in [4.69, 9.17) is 16.3 Å². The molecule has 0 radical (unpaired) electrons. The number of carbonyl (C=O) groups excluding carboxylic acids is 2. The smallest absolute Gasteiger partial charge is 0.309 e. The van der Waals surface area contributed by atoms with Gasteiger partial charge < -0.3 is 10.1 Å². The number of carbonyl (C=O) groups is 2. The lowest BCUT2D eigenvalue weighted by molar-refractivity contribution is -0.148. The highest BCUT2D eigenvalue weighted by Gasteiger charge is 2.31. The fourth-order valence-electron chi connectivity index (χ4n) is 1.82. The maximum Gasteiger partial charge on any atom is 0.309 e. The number of ether oxygens (including phenoxy) is 1. The average Bonchev–Trinajstić information content (AvgIpc) is 3.14. The molecule has 1 saturated carbocycles. The van der Waals surface area contributed by atoms with Gasteiger partial charge in [-0.3, -0.25) is 9.59 Å². The Morgan fingerprint density at radius 2 is 2.05 bits per heavy atom. The molecule has 0 aromatic heterocycles. The van der Waals surface area contributed by atoms with E-state index in [0.29, 0.717) is 10.7 Å². The Kier molecular flexibility index (Phi) is 4.10. The standard InChI is InChI=1S/C14H16ClNO3/c1-8-5-9(2)13(11(15)6-8)16-12(17)7-19-14(18)10-3-4-10/h5-6,10H,3-4,7H2,1-2H3,(H,16,17). The van der Waals surface area contributed by atoms with Crippen LogP contribution in [0.3, 0.4) is 0 Å². The van der Waals surface area contributed by atoms with Crippen molar-refractivity contribution in [3.63, 3.8) is 0 Å². The van der Waals surface area contributed by atoms with Gasteiger partial charge in [-0.15, -0.1) is 0 Å². The maximum absolute atomic E-state index is 11.7. The molecule has 0 bridgehead atoms. The third-order valence-electron chi connectivity index (χ3n) is 2.95. The predicted molar refractivity (Wildman–Crippen MR) is 73.2 cm³/mol. The zero-order chi connectivity index (χ0) is 14.0. The van der Waals surface area contributed by atoms with Crippen LogP contribution in [0.2, 0.25) is 5.02 Å². The summed E-state index contributed by atoms with van der Waals surface area (Å²) in [5.41, 5.74) is 2.48. The Balaban J connectivity index is 1.93. The van der Waals surface area contributed by atoms with Crippen molar-refractivity contribution in [1.29, 1.82) is 0 Å². The number of nitrogens with one attached hydrogen (secondary N) is 1. The molecule has 1 aliphatic carbocycles. The fourth-order valence-corrected chi connectivity index (χ4v) is 2.19. The first-order valence-corrected chi connectivity index (χ1v) is 6.58. The van der Waals surface area contributed by atoms with Gasteiger partial charge in [-0.2, -0.15) is 0 Å². The van der Waals surface area contributed by atoms with E-state index in [-0.39, 0.29) is 24.4 Å². The van der Waals surface area contributed by atoms with Gasteiger partial charge in [-0.1, -0.05) is 17.7 Å². The highest BCUT2D eigenvalue weighted by Crippen LogP contribution is 2.30. The van der Waals surface area contributed by atoms with Gasteiger partial charge in [0.25, 0.3) is 5.91 Å². The van der Waals surface area contributed by atoms with Crippen molar-refractivity contribution >= 4 is 29.2 Å². The monoisotopic (exact) mass is 281 g/mol.